The molecule has 0 saturated heterocycles. The van der Waals surface area contributed by atoms with E-state index in [1.165, 1.54) is 4.88 Å². The molecule has 1 aromatic heterocycles. The molecule has 2 aromatic rings. The Hall–Kier alpha value is -1.85. The number of carbonyl (C=O) groups excluding carboxylic acids is 1. The van der Waals surface area contributed by atoms with Gasteiger partial charge in [0, 0.05) is 11.4 Å². The van der Waals surface area contributed by atoms with E-state index in [9.17, 15) is 4.79 Å². The second-order valence-corrected chi connectivity index (χ2v) is 5.55. The Morgan fingerprint density at radius 3 is 2.70 bits per heavy atom. The van der Waals surface area contributed by atoms with Crippen molar-refractivity contribution >= 4 is 17.2 Å². The lowest BCUT2D eigenvalue weighted by Gasteiger charge is -2.09. The van der Waals surface area contributed by atoms with Crippen LogP contribution in [0.3, 0.4) is 0 Å². The molecule has 0 saturated carbocycles. The van der Waals surface area contributed by atoms with E-state index in [2.05, 4.69) is 5.32 Å². The van der Waals surface area contributed by atoms with Gasteiger partial charge >= 0.3 is 0 Å². The molecule has 2 rings (SSSR count). The smallest absolute Gasteiger partial charge is 0.236 e. The molecular weight excluding hydrogens is 272 g/mol. The minimum atomic E-state index is -0.483. The van der Waals surface area contributed by atoms with E-state index < -0.39 is 6.04 Å². The molecule has 0 aliphatic heterocycles. The molecule has 0 bridgehead atoms. The number of hydrogen-bond acceptors (Lipinski definition) is 4. The molecule has 4 nitrogen and oxygen atoms in total. The van der Waals surface area contributed by atoms with Gasteiger partial charge in [0.1, 0.15) is 12.4 Å². The van der Waals surface area contributed by atoms with Crippen LogP contribution in [-0.4, -0.2) is 11.9 Å². The Kier molecular flexibility index (Phi) is 5.15. The minimum absolute atomic E-state index is 0.150. The molecule has 0 spiro atoms. The lowest BCUT2D eigenvalue weighted by Crippen LogP contribution is -2.37. The van der Waals surface area contributed by atoms with Gasteiger partial charge in [-0.1, -0.05) is 18.2 Å². The highest BCUT2D eigenvalue weighted by Crippen LogP contribution is 2.16. The maximum absolute atomic E-state index is 11.4. The average Bonchev–Trinajstić information content (AvgIpc) is 2.96. The van der Waals surface area contributed by atoms with Crippen LogP contribution in [0.15, 0.2) is 41.8 Å². The summed E-state index contributed by atoms with van der Waals surface area (Å²) in [4.78, 5) is 12.6. The van der Waals surface area contributed by atoms with Crippen LogP contribution < -0.4 is 15.8 Å². The highest BCUT2D eigenvalue weighted by molar-refractivity contribution is 7.09. The second kappa shape index (κ2) is 7.07. The van der Waals surface area contributed by atoms with Crippen LogP contribution in [-0.2, 0) is 17.9 Å². The molecule has 106 valence electrons. The normalized spacial score (nSPS) is 11.9. The number of hydrogen-bond donors (Lipinski definition) is 2. The Labute approximate surface area is 122 Å². The number of ether oxygens (including phenoxy) is 1. The van der Waals surface area contributed by atoms with Crippen molar-refractivity contribution in [3.63, 3.8) is 0 Å². The van der Waals surface area contributed by atoms with Gasteiger partial charge in [-0.15, -0.1) is 11.3 Å². The summed E-state index contributed by atoms with van der Waals surface area (Å²) in [6, 6.07) is 11.2. The Bertz CT molecular complexity index is 536. The van der Waals surface area contributed by atoms with Crippen molar-refractivity contribution in [2.75, 3.05) is 0 Å². The molecule has 0 fully saturated rings. The standard InChI is InChI=1S/C15H18N2O2S/c1-11(16)15(18)17-9-12-4-6-13(7-5-12)19-10-14-3-2-8-20-14/h2-8,11H,9-10,16H2,1H3,(H,17,18). The number of nitrogens with two attached hydrogens (primary N) is 1. The monoisotopic (exact) mass is 290 g/mol. The number of nitrogens with one attached hydrogen (secondary N) is 1. The van der Waals surface area contributed by atoms with E-state index in [1.54, 1.807) is 18.3 Å². The molecule has 3 N–H and O–H groups in total. The molecule has 20 heavy (non-hydrogen) atoms. The number of amides is 1. The first-order valence-electron chi connectivity index (χ1n) is 6.42. The largest absolute Gasteiger partial charge is 0.488 e. The van der Waals surface area contributed by atoms with Gasteiger partial charge in [-0.2, -0.15) is 0 Å². The molecular formula is C15H18N2O2S. The van der Waals surface area contributed by atoms with Gasteiger partial charge in [-0.3, -0.25) is 4.79 Å². The van der Waals surface area contributed by atoms with E-state index in [0.717, 1.165) is 11.3 Å². The maximum atomic E-state index is 11.4. The zero-order chi connectivity index (χ0) is 14.4. The van der Waals surface area contributed by atoms with Crippen LogP contribution >= 0.6 is 11.3 Å². The maximum Gasteiger partial charge on any atom is 0.236 e. The molecule has 1 atom stereocenters. The summed E-state index contributed by atoms with van der Waals surface area (Å²) in [6.07, 6.45) is 0. The van der Waals surface area contributed by atoms with E-state index in [-0.39, 0.29) is 5.91 Å². The van der Waals surface area contributed by atoms with Gasteiger partial charge in [0.05, 0.1) is 6.04 Å². The van der Waals surface area contributed by atoms with Crippen LogP contribution in [0.2, 0.25) is 0 Å². The van der Waals surface area contributed by atoms with Crippen LogP contribution in [0.1, 0.15) is 17.4 Å². The van der Waals surface area contributed by atoms with Crippen molar-refractivity contribution < 1.29 is 9.53 Å². The lowest BCUT2D eigenvalue weighted by molar-refractivity contribution is -0.122. The van der Waals surface area contributed by atoms with Crippen LogP contribution in [0.4, 0.5) is 0 Å². The fraction of sp³-hybridized carbons (Fsp3) is 0.267. The van der Waals surface area contributed by atoms with Crippen molar-refractivity contribution in [2.24, 2.45) is 5.73 Å². The molecule has 0 radical (unpaired) electrons. The summed E-state index contributed by atoms with van der Waals surface area (Å²) in [5.41, 5.74) is 6.50. The lowest BCUT2D eigenvalue weighted by atomic mass is 10.2. The van der Waals surface area contributed by atoms with Crippen molar-refractivity contribution in [2.45, 2.75) is 26.1 Å². The fourth-order valence-electron chi connectivity index (χ4n) is 1.60. The molecule has 5 heteroatoms. The first kappa shape index (κ1) is 14.6. The van der Waals surface area contributed by atoms with Crippen LogP contribution in [0.5, 0.6) is 5.75 Å². The third-order valence-electron chi connectivity index (χ3n) is 2.76. The zero-order valence-electron chi connectivity index (χ0n) is 11.3. The number of carbonyl (C=O) groups is 1. The Balaban J connectivity index is 1.82. The van der Waals surface area contributed by atoms with E-state index in [4.69, 9.17) is 10.5 Å². The summed E-state index contributed by atoms with van der Waals surface area (Å²) in [5.74, 6) is 0.670. The van der Waals surface area contributed by atoms with Crippen LogP contribution in [0, 0.1) is 0 Å². The van der Waals surface area contributed by atoms with Gasteiger partial charge in [-0.05, 0) is 36.1 Å². The number of benzene rings is 1. The predicted molar refractivity (Wildman–Crippen MR) is 80.6 cm³/mol. The third kappa shape index (κ3) is 4.36. The van der Waals surface area contributed by atoms with Crippen molar-refractivity contribution in [3.8, 4) is 5.75 Å². The first-order valence-corrected chi connectivity index (χ1v) is 7.30. The van der Waals surface area contributed by atoms with E-state index >= 15 is 0 Å². The first-order chi connectivity index (χ1) is 9.65. The topological polar surface area (TPSA) is 64.4 Å². The van der Waals surface area contributed by atoms with Gasteiger partial charge in [0.15, 0.2) is 0 Å². The zero-order valence-corrected chi connectivity index (χ0v) is 12.2. The predicted octanol–water partition coefficient (Wildman–Crippen LogP) is 2.29. The summed E-state index contributed by atoms with van der Waals surface area (Å²) < 4.78 is 5.67. The SMILES string of the molecule is CC(N)C(=O)NCc1ccc(OCc2cccs2)cc1. The highest BCUT2D eigenvalue weighted by atomic mass is 32.1. The second-order valence-electron chi connectivity index (χ2n) is 4.52. The minimum Gasteiger partial charge on any atom is -0.488 e. The Morgan fingerprint density at radius 2 is 2.10 bits per heavy atom. The molecule has 1 unspecified atom stereocenters. The van der Waals surface area contributed by atoms with Crippen molar-refractivity contribution in [1.82, 2.24) is 5.32 Å². The molecule has 0 aliphatic rings. The van der Waals surface area contributed by atoms with Gasteiger partial charge < -0.3 is 15.8 Å². The fourth-order valence-corrected chi connectivity index (χ4v) is 2.22. The van der Waals surface area contributed by atoms with Crippen molar-refractivity contribution in [1.29, 1.82) is 0 Å². The summed E-state index contributed by atoms with van der Waals surface area (Å²) in [6.45, 7) is 2.72. The molecule has 1 amide bonds. The van der Waals surface area contributed by atoms with Gasteiger partial charge in [0.25, 0.3) is 0 Å². The molecule has 1 aromatic carbocycles. The number of rotatable bonds is 6. The van der Waals surface area contributed by atoms with Crippen molar-refractivity contribution in [3.05, 3.63) is 52.2 Å². The van der Waals surface area contributed by atoms with Gasteiger partial charge in [-0.25, -0.2) is 0 Å². The van der Waals surface area contributed by atoms with Gasteiger partial charge in [0.2, 0.25) is 5.91 Å². The summed E-state index contributed by atoms with van der Waals surface area (Å²) >= 11 is 1.67. The third-order valence-corrected chi connectivity index (χ3v) is 3.61. The number of thiophene rings is 1. The Morgan fingerprint density at radius 1 is 1.35 bits per heavy atom. The summed E-state index contributed by atoms with van der Waals surface area (Å²) in [7, 11) is 0. The molecule has 0 aliphatic carbocycles. The van der Waals surface area contributed by atoms with E-state index in [1.807, 2.05) is 41.8 Å². The quantitative estimate of drug-likeness (QED) is 0.858. The van der Waals surface area contributed by atoms with E-state index in [0.29, 0.717) is 13.2 Å². The molecule has 1 heterocycles. The highest BCUT2D eigenvalue weighted by Gasteiger charge is 2.06. The average molecular weight is 290 g/mol. The van der Waals surface area contributed by atoms with Crippen LogP contribution in [0.25, 0.3) is 0 Å². The summed E-state index contributed by atoms with van der Waals surface area (Å²) in [5, 5.41) is 4.80.